The van der Waals surface area contributed by atoms with E-state index >= 15 is 0 Å². The fourth-order valence-corrected chi connectivity index (χ4v) is 4.30. The summed E-state index contributed by atoms with van der Waals surface area (Å²) in [6, 6.07) is 23.9. The van der Waals surface area contributed by atoms with Crippen molar-refractivity contribution in [2.45, 2.75) is 18.3 Å². The molecule has 5 nitrogen and oxygen atoms in total. The third-order valence-electron chi connectivity index (χ3n) is 6.12. The van der Waals surface area contributed by atoms with Gasteiger partial charge in [-0.25, -0.2) is 4.79 Å². The molecule has 2 atom stereocenters. The summed E-state index contributed by atoms with van der Waals surface area (Å²) in [5, 5.41) is 2.69. The van der Waals surface area contributed by atoms with Crippen LogP contribution in [0.5, 0.6) is 0 Å². The van der Waals surface area contributed by atoms with E-state index in [4.69, 9.17) is 5.73 Å². The van der Waals surface area contributed by atoms with Gasteiger partial charge in [-0.05, 0) is 35.4 Å². The molecule has 3 aromatic carbocycles. The minimum absolute atomic E-state index is 0.0521. The average Bonchev–Trinajstić information content (AvgIpc) is 2.85. The zero-order valence-corrected chi connectivity index (χ0v) is 18.6. The number of amides is 2. The van der Waals surface area contributed by atoms with Crippen molar-refractivity contribution in [3.05, 3.63) is 102 Å². The van der Waals surface area contributed by atoms with Crippen molar-refractivity contribution < 1.29 is 18.0 Å². The summed E-state index contributed by atoms with van der Waals surface area (Å²) in [4.78, 5) is 16.7. The summed E-state index contributed by atoms with van der Waals surface area (Å²) >= 11 is 0. The highest BCUT2D eigenvalue weighted by atomic mass is 19.4. The molecule has 1 aliphatic heterocycles. The monoisotopic (exact) mass is 468 g/mol. The highest BCUT2D eigenvalue weighted by molar-refractivity contribution is 5.89. The Kier molecular flexibility index (Phi) is 7.19. The third-order valence-corrected chi connectivity index (χ3v) is 6.12. The van der Waals surface area contributed by atoms with Crippen LogP contribution in [0.2, 0.25) is 0 Å². The van der Waals surface area contributed by atoms with E-state index in [-0.39, 0.29) is 18.1 Å². The van der Waals surface area contributed by atoms with E-state index in [1.54, 1.807) is 4.90 Å². The Morgan fingerprint density at radius 1 is 0.794 bits per heavy atom. The maximum Gasteiger partial charge on any atom is 0.416 e. The van der Waals surface area contributed by atoms with Crippen LogP contribution < -0.4 is 11.1 Å². The summed E-state index contributed by atoms with van der Waals surface area (Å²) in [6.45, 7) is 2.22. The minimum Gasteiger partial charge on any atom is -0.322 e. The molecule has 1 saturated heterocycles. The fraction of sp³-hybridized carbons (Fsp3) is 0.269. The molecule has 2 amide bonds. The van der Waals surface area contributed by atoms with Gasteiger partial charge in [0, 0.05) is 37.9 Å². The maximum atomic E-state index is 12.8. The number of nitrogens with one attached hydrogen (secondary N) is 1. The van der Waals surface area contributed by atoms with Gasteiger partial charge in [-0.2, -0.15) is 13.2 Å². The number of piperazine rings is 1. The lowest BCUT2D eigenvalue weighted by atomic mass is 9.92. The second-order valence-electron chi connectivity index (χ2n) is 8.32. The summed E-state index contributed by atoms with van der Waals surface area (Å²) in [5.74, 6) is 0. The van der Waals surface area contributed by atoms with Crippen LogP contribution in [-0.4, -0.2) is 42.0 Å². The Hall–Kier alpha value is -3.36. The lowest BCUT2D eigenvalue weighted by Gasteiger charge is -2.41. The Morgan fingerprint density at radius 2 is 1.32 bits per heavy atom. The summed E-state index contributed by atoms with van der Waals surface area (Å²) in [7, 11) is 0. The summed E-state index contributed by atoms with van der Waals surface area (Å²) in [6.07, 6.45) is -4.41. The number of carbonyl (C=O) groups is 1. The number of halogens is 3. The molecule has 0 spiro atoms. The van der Waals surface area contributed by atoms with Gasteiger partial charge in [0.05, 0.1) is 11.6 Å². The average molecular weight is 469 g/mol. The Morgan fingerprint density at radius 3 is 1.85 bits per heavy atom. The van der Waals surface area contributed by atoms with Gasteiger partial charge in [0.25, 0.3) is 0 Å². The van der Waals surface area contributed by atoms with Crippen LogP contribution in [0.4, 0.5) is 23.7 Å². The van der Waals surface area contributed by atoms with Crippen molar-refractivity contribution in [2.75, 3.05) is 31.5 Å². The van der Waals surface area contributed by atoms with E-state index in [0.717, 1.165) is 23.3 Å². The van der Waals surface area contributed by atoms with Crippen LogP contribution in [0.1, 0.15) is 28.8 Å². The van der Waals surface area contributed by atoms with Crippen LogP contribution in [0.25, 0.3) is 0 Å². The lowest BCUT2D eigenvalue weighted by Crippen LogP contribution is -2.52. The third kappa shape index (κ3) is 5.58. The molecule has 1 heterocycles. The number of rotatable bonds is 5. The molecule has 1 aliphatic rings. The summed E-state index contributed by atoms with van der Waals surface area (Å²) in [5.41, 5.74) is 8.46. The zero-order valence-electron chi connectivity index (χ0n) is 18.6. The predicted molar refractivity (Wildman–Crippen MR) is 126 cm³/mol. The normalized spacial score (nSPS) is 16.6. The standard InChI is InChI=1S/C26H27F3N4O/c27-26(28,29)21-11-13-22(14-12-21)31-25(34)33-17-15-32(16-18-33)24(20-9-5-2-6-10-20)23(30)19-7-3-1-4-8-19/h1-14,23-24H,15-18,30H2,(H,31,34)/t23-,24+/m0/s1. The number of urea groups is 1. The number of benzene rings is 3. The first-order valence-electron chi connectivity index (χ1n) is 11.2. The fourth-order valence-electron chi connectivity index (χ4n) is 4.30. The van der Waals surface area contributed by atoms with E-state index in [1.807, 2.05) is 48.5 Å². The van der Waals surface area contributed by atoms with E-state index in [0.29, 0.717) is 31.9 Å². The number of carbonyl (C=O) groups excluding carboxylic acids is 1. The van der Waals surface area contributed by atoms with E-state index < -0.39 is 11.7 Å². The molecule has 3 N–H and O–H groups in total. The topological polar surface area (TPSA) is 61.6 Å². The van der Waals surface area contributed by atoms with Gasteiger partial charge in [-0.1, -0.05) is 60.7 Å². The predicted octanol–water partition coefficient (Wildman–Crippen LogP) is 5.30. The van der Waals surface area contributed by atoms with Crippen LogP contribution in [-0.2, 0) is 6.18 Å². The second kappa shape index (κ2) is 10.3. The molecule has 0 radical (unpaired) electrons. The molecule has 178 valence electrons. The number of alkyl halides is 3. The lowest BCUT2D eigenvalue weighted by molar-refractivity contribution is -0.137. The molecule has 0 aromatic heterocycles. The molecule has 8 heteroatoms. The van der Waals surface area contributed by atoms with Crippen molar-refractivity contribution in [2.24, 2.45) is 5.73 Å². The van der Waals surface area contributed by atoms with Gasteiger partial charge in [-0.3, -0.25) is 4.90 Å². The number of hydrogen-bond acceptors (Lipinski definition) is 3. The summed E-state index contributed by atoms with van der Waals surface area (Å²) < 4.78 is 38.3. The SMILES string of the molecule is N[C@@H](c1ccccc1)[C@@H](c1ccccc1)N1CCN(C(=O)Nc2ccc(C(F)(F)F)cc2)CC1. The van der Waals surface area contributed by atoms with Gasteiger partial charge in [0.1, 0.15) is 0 Å². The van der Waals surface area contributed by atoms with Crippen LogP contribution in [0, 0.1) is 0 Å². The maximum absolute atomic E-state index is 12.8. The molecular weight excluding hydrogens is 441 g/mol. The first kappa shape index (κ1) is 23.8. The molecule has 1 fully saturated rings. The van der Waals surface area contributed by atoms with Gasteiger partial charge in [0.15, 0.2) is 0 Å². The first-order valence-corrected chi connectivity index (χ1v) is 11.2. The molecular formula is C26H27F3N4O. The molecule has 0 bridgehead atoms. The van der Waals surface area contributed by atoms with Crippen molar-refractivity contribution in [3.63, 3.8) is 0 Å². The van der Waals surface area contributed by atoms with E-state index in [1.165, 1.54) is 12.1 Å². The smallest absolute Gasteiger partial charge is 0.322 e. The largest absolute Gasteiger partial charge is 0.416 e. The Balaban J connectivity index is 1.42. The zero-order chi connectivity index (χ0) is 24.1. The molecule has 3 aromatic rings. The highest BCUT2D eigenvalue weighted by Gasteiger charge is 2.32. The molecule has 4 rings (SSSR count). The number of nitrogens with zero attached hydrogens (tertiary/aromatic N) is 2. The molecule has 34 heavy (non-hydrogen) atoms. The quantitative estimate of drug-likeness (QED) is 0.535. The van der Waals surface area contributed by atoms with Crippen molar-refractivity contribution in [3.8, 4) is 0 Å². The van der Waals surface area contributed by atoms with Crippen molar-refractivity contribution in [1.29, 1.82) is 0 Å². The van der Waals surface area contributed by atoms with Gasteiger partial charge in [0.2, 0.25) is 0 Å². The van der Waals surface area contributed by atoms with E-state index in [9.17, 15) is 18.0 Å². The van der Waals surface area contributed by atoms with Gasteiger partial charge >= 0.3 is 12.2 Å². The van der Waals surface area contributed by atoms with Crippen LogP contribution in [0.15, 0.2) is 84.9 Å². The second-order valence-corrected chi connectivity index (χ2v) is 8.32. The highest BCUT2D eigenvalue weighted by Crippen LogP contribution is 2.33. The molecule has 0 unspecified atom stereocenters. The minimum atomic E-state index is -4.41. The van der Waals surface area contributed by atoms with Crippen molar-refractivity contribution in [1.82, 2.24) is 9.80 Å². The van der Waals surface area contributed by atoms with Crippen LogP contribution in [0.3, 0.4) is 0 Å². The number of hydrogen-bond donors (Lipinski definition) is 2. The molecule has 0 saturated carbocycles. The molecule has 0 aliphatic carbocycles. The number of anilines is 1. The first-order chi connectivity index (χ1) is 16.3. The van der Waals surface area contributed by atoms with Crippen molar-refractivity contribution >= 4 is 11.7 Å². The Bertz CT molecular complexity index is 1070. The van der Waals surface area contributed by atoms with Gasteiger partial charge in [-0.15, -0.1) is 0 Å². The number of nitrogens with two attached hydrogens (primary N) is 1. The van der Waals surface area contributed by atoms with E-state index in [2.05, 4.69) is 22.3 Å². The van der Waals surface area contributed by atoms with Crippen LogP contribution >= 0.6 is 0 Å². The van der Waals surface area contributed by atoms with Gasteiger partial charge < -0.3 is 16.0 Å². The Labute approximate surface area is 197 Å².